The van der Waals surface area contributed by atoms with E-state index in [1.165, 1.54) is 7.11 Å². The van der Waals surface area contributed by atoms with Gasteiger partial charge in [0.05, 0.1) is 7.11 Å². The van der Waals surface area contributed by atoms with E-state index in [9.17, 15) is 14.7 Å². The van der Waals surface area contributed by atoms with E-state index in [0.29, 0.717) is 17.5 Å². The van der Waals surface area contributed by atoms with Gasteiger partial charge < -0.3 is 14.9 Å². The Morgan fingerprint density at radius 2 is 2.05 bits per heavy atom. The molecule has 0 fully saturated rings. The first-order valence-electron chi connectivity index (χ1n) is 6.09. The van der Waals surface area contributed by atoms with Crippen LogP contribution in [0.25, 0.3) is 0 Å². The number of methoxy groups -OCH3 is 1. The monoisotopic (exact) mass is 266 g/mol. The van der Waals surface area contributed by atoms with Gasteiger partial charge >= 0.3 is 11.9 Å². The van der Waals surface area contributed by atoms with E-state index < -0.39 is 12.1 Å². The Morgan fingerprint density at radius 3 is 2.58 bits per heavy atom. The number of carbonyl (C=O) groups is 2. The topological polar surface area (TPSA) is 83.8 Å². The zero-order valence-corrected chi connectivity index (χ0v) is 11.0. The lowest BCUT2D eigenvalue weighted by molar-refractivity contribution is -0.147. The van der Waals surface area contributed by atoms with Crippen LogP contribution in [-0.4, -0.2) is 29.3 Å². The highest BCUT2D eigenvalue weighted by atomic mass is 16.5. The molecule has 0 aliphatic carbocycles. The molecule has 1 rings (SSSR count). The van der Waals surface area contributed by atoms with Crippen LogP contribution in [0.1, 0.15) is 36.1 Å². The van der Waals surface area contributed by atoms with Gasteiger partial charge in [-0.05, 0) is 29.5 Å². The summed E-state index contributed by atoms with van der Waals surface area (Å²) in [5.74, 6) is -1.66. The molecule has 5 heteroatoms. The summed E-state index contributed by atoms with van der Waals surface area (Å²) >= 11 is 0. The summed E-state index contributed by atoms with van der Waals surface area (Å²) in [5.41, 5.74) is 1.94. The molecule has 1 aromatic carbocycles. The van der Waals surface area contributed by atoms with Crippen LogP contribution < -0.4 is 0 Å². The van der Waals surface area contributed by atoms with E-state index in [0.717, 1.165) is 12.0 Å². The van der Waals surface area contributed by atoms with Crippen molar-refractivity contribution in [2.45, 2.75) is 32.3 Å². The van der Waals surface area contributed by atoms with E-state index in [4.69, 9.17) is 5.11 Å². The summed E-state index contributed by atoms with van der Waals surface area (Å²) in [4.78, 5) is 22.0. The summed E-state index contributed by atoms with van der Waals surface area (Å²) < 4.78 is 4.55. The van der Waals surface area contributed by atoms with Crippen molar-refractivity contribution in [3.63, 3.8) is 0 Å². The van der Waals surface area contributed by atoms with Gasteiger partial charge in [0, 0.05) is 6.42 Å². The van der Waals surface area contributed by atoms with E-state index in [2.05, 4.69) is 4.74 Å². The van der Waals surface area contributed by atoms with Crippen molar-refractivity contribution < 1.29 is 24.5 Å². The SMILES string of the molecule is CCc1ccc(CCC(=O)OC)c(C(O)C(=O)O)c1. The highest BCUT2D eigenvalue weighted by Crippen LogP contribution is 2.22. The molecular weight excluding hydrogens is 248 g/mol. The number of hydrogen-bond donors (Lipinski definition) is 2. The Kier molecular flexibility index (Phi) is 5.51. The number of carbonyl (C=O) groups excluding carboxylic acids is 1. The molecule has 0 spiro atoms. The van der Waals surface area contributed by atoms with E-state index in [-0.39, 0.29) is 12.4 Å². The van der Waals surface area contributed by atoms with Gasteiger partial charge in [-0.15, -0.1) is 0 Å². The molecule has 0 heterocycles. The minimum absolute atomic E-state index is 0.154. The third-order valence-electron chi connectivity index (χ3n) is 2.97. The first-order chi connectivity index (χ1) is 8.99. The minimum atomic E-state index is -1.57. The molecule has 0 saturated heterocycles. The summed E-state index contributed by atoms with van der Waals surface area (Å²) in [6.45, 7) is 1.94. The minimum Gasteiger partial charge on any atom is -0.479 e. The van der Waals surface area contributed by atoms with E-state index >= 15 is 0 Å². The lowest BCUT2D eigenvalue weighted by atomic mass is 9.95. The molecule has 104 valence electrons. The predicted octanol–water partition coefficient (Wildman–Crippen LogP) is 1.47. The van der Waals surface area contributed by atoms with Crippen molar-refractivity contribution in [1.82, 2.24) is 0 Å². The summed E-state index contributed by atoms with van der Waals surface area (Å²) in [7, 11) is 1.30. The van der Waals surface area contributed by atoms with Crippen molar-refractivity contribution >= 4 is 11.9 Å². The lowest BCUT2D eigenvalue weighted by Crippen LogP contribution is -2.14. The number of aryl methyl sites for hydroxylation is 2. The van der Waals surface area contributed by atoms with Crippen molar-refractivity contribution in [1.29, 1.82) is 0 Å². The molecular formula is C14H18O5. The zero-order chi connectivity index (χ0) is 14.4. The largest absolute Gasteiger partial charge is 0.479 e. The number of hydrogen-bond acceptors (Lipinski definition) is 4. The maximum atomic E-state index is 11.1. The highest BCUT2D eigenvalue weighted by Gasteiger charge is 2.20. The van der Waals surface area contributed by atoms with Crippen molar-refractivity contribution in [2.24, 2.45) is 0 Å². The number of carboxylic acids is 1. The molecule has 0 saturated carbocycles. The highest BCUT2D eigenvalue weighted by molar-refractivity contribution is 5.75. The third kappa shape index (κ3) is 4.06. The first-order valence-corrected chi connectivity index (χ1v) is 6.09. The van der Waals surface area contributed by atoms with Gasteiger partial charge in [0.2, 0.25) is 0 Å². The predicted molar refractivity (Wildman–Crippen MR) is 68.8 cm³/mol. The van der Waals surface area contributed by atoms with Crippen molar-refractivity contribution in [3.8, 4) is 0 Å². The van der Waals surface area contributed by atoms with Crippen LogP contribution in [0, 0.1) is 0 Å². The van der Waals surface area contributed by atoms with Crippen LogP contribution in [0.2, 0.25) is 0 Å². The molecule has 0 radical (unpaired) electrons. The standard InChI is InChI=1S/C14H18O5/c1-3-9-4-5-10(6-7-12(15)19-2)11(8-9)13(16)14(17)18/h4-5,8,13,16H,3,6-7H2,1-2H3,(H,17,18). The maximum absolute atomic E-state index is 11.1. The van der Waals surface area contributed by atoms with Gasteiger partial charge in [0.15, 0.2) is 6.10 Å². The molecule has 0 amide bonds. The molecule has 1 aromatic rings. The molecule has 0 bridgehead atoms. The quantitative estimate of drug-likeness (QED) is 0.762. The van der Waals surface area contributed by atoms with Crippen LogP contribution in [0.5, 0.6) is 0 Å². The summed E-state index contributed by atoms with van der Waals surface area (Å²) in [5, 5.41) is 18.6. The number of rotatable bonds is 6. The molecule has 19 heavy (non-hydrogen) atoms. The van der Waals surface area contributed by atoms with Crippen molar-refractivity contribution in [2.75, 3.05) is 7.11 Å². The molecule has 2 N–H and O–H groups in total. The summed E-state index contributed by atoms with van der Waals surface area (Å²) in [6.07, 6.45) is -0.326. The van der Waals surface area contributed by atoms with Crippen LogP contribution in [0.15, 0.2) is 18.2 Å². The molecule has 1 unspecified atom stereocenters. The average Bonchev–Trinajstić information content (AvgIpc) is 2.43. The van der Waals surface area contributed by atoms with Crippen LogP contribution in [0.4, 0.5) is 0 Å². The van der Waals surface area contributed by atoms with Gasteiger partial charge in [-0.2, -0.15) is 0 Å². The lowest BCUT2D eigenvalue weighted by Gasteiger charge is -2.13. The number of aliphatic hydroxyl groups excluding tert-OH is 1. The summed E-state index contributed by atoms with van der Waals surface area (Å²) in [6, 6.07) is 5.29. The number of carboxylic acid groups (broad SMARTS) is 1. The number of aliphatic hydroxyl groups is 1. The fourth-order valence-electron chi connectivity index (χ4n) is 1.82. The molecule has 0 aliphatic heterocycles. The normalized spacial score (nSPS) is 11.9. The maximum Gasteiger partial charge on any atom is 0.337 e. The second-order valence-electron chi connectivity index (χ2n) is 4.20. The zero-order valence-electron chi connectivity index (χ0n) is 11.0. The molecule has 0 aromatic heterocycles. The van der Waals surface area contributed by atoms with E-state index in [1.807, 2.05) is 13.0 Å². The van der Waals surface area contributed by atoms with Gasteiger partial charge in [0.1, 0.15) is 0 Å². The van der Waals surface area contributed by atoms with Gasteiger partial charge in [-0.3, -0.25) is 4.79 Å². The van der Waals surface area contributed by atoms with Gasteiger partial charge in [-0.1, -0.05) is 25.1 Å². The number of benzene rings is 1. The Balaban J connectivity index is 3.01. The van der Waals surface area contributed by atoms with Crippen LogP contribution >= 0.6 is 0 Å². The Labute approximate surface area is 111 Å². The molecule has 0 aliphatic rings. The van der Waals surface area contributed by atoms with Crippen LogP contribution in [-0.2, 0) is 27.2 Å². The number of aliphatic carboxylic acids is 1. The second-order valence-corrected chi connectivity index (χ2v) is 4.20. The van der Waals surface area contributed by atoms with Crippen LogP contribution in [0.3, 0.4) is 0 Å². The fraction of sp³-hybridized carbons (Fsp3) is 0.429. The molecule has 5 nitrogen and oxygen atoms in total. The number of ether oxygens (including phenoxy) is 1. The average molecular weight is 266 g/mol. The second kappa shape index (κ2) is 6.89. The Morgan fingerprint density at radius 1 is 1.37 bits per heavy atom. The van der Waals surface area contributed by atoms with Gasteiger partial charge in [-0.25, -0.2) is 4.79 Å². The third-order valence-corrected chi connectivity index (χ3v) is 2.97. The van der Waals surface area contributed by atoms with Gasteiger partial charge in [0.25, 0.3) is 0 Å². The smallest absolute Gasteiger partial charge is 0.337 e. The number of esters is 1. The Bertz CT molecular complexity index is 467. The van der Waals surface area contributed by atoms with E-state index in [1.54, 1.807) is 12.1 Å². The first kappa shape index (κ1) is 15.2. The molecule has 1 atom stereocenters. The van der Waals surface area contributed by atoms with Crippen molar-refractivity contribution in [3.05, 3.63) is 34.9 Å². The Hall–Kier alpha value is -1.88. The fourth-order valence-corrected chi connectivity index (χ4v) is 1.82.